The van der Waals surface area contributed by atoms with Crippen LogP contribution in [0.15, 0.2) is 36.8 Å². The van der Waals surface area contributed by atoms with Crippen molar-refractivity contribution in [2.75, 3.05) is 44.8 Å². The number of ether oxygens (including phenoxy) is 2. The number of piperazine rings is 1. The minimum Gasteiger partial charge on any atom is -0.489 e. The highest BCUT2D eigenvalue weighted by molar-refractivity contribution is 5.85. The van der Waals surface area contributed by atoms with E-state index in [0.29, 0.717) is 23.4 Å². The monoisotopic (exact) mass is 531 g/mol. The number of amides is 2. The number of rotatable bonds is 6. The number of piperidine rings is 1. The van der Waals surface area contributed by atoms with Crippen LogP contribution in [0.5, 0.6) is 5.75 Å². The molecule has 2 bridgehead atoms. The number of nitrogens with zero attached hydrogens (tertiary/aromatic N) is 7. The van der Waals surface area contributed by atoms with Gasteiger partial charge in [0.15, 0.2) is 0 Å². The zero-order chi connectivity index (χ0) is 27.3. The molecule has 1 N–H and O–H groups in total. The van der Waals surface area contributed by atoms with Crippen molar-refractivity contribution < 1.29 is 19.4 Å². The molecule has 7 rings (SSSR count). The summed E-state index contributed by atoms with van der Waals surface area (Å²) in [6, 6.07) is 8.55. The highest BCUT2D eigenvalue weighted by atomic mass is 16.5. The van der Waals surface area contributed by atoms with Gasteiger partial charge in [-0.3, -0.25) is 0 Å². The molecule has 4 aliphatic heterocycles. The van der Waals surface area contributed by atoms with E-state index in [1.165, 1.54) is 6.20 Å². The lowest BCUT2D eigenvalue weighted by Crippen LogP contribution is -2.72. The normalized spacial score (nSPS) is 22.6. The lowest BCUT2D eigenvalue weighted by atomic mass is 9.87. The molecule has 7 heterocycles. The number of pyridine rings is 2. The molecule has 0 aromatic carbocycles. The molecule has 204 valence electrons. The van der Waals surface area contributed by atoms with Gasteiger partial charge in [-0.25, -0.2) is 14.3 Å². The van der Waals surface area contributed by atoms with Crippen LogP contribution in [0.4, 0.5) is 10.6 Å². The van der Waals surface area contributed by atoms with Crippen molar-refractivity contribution in [1.82, 2.24) is 24.4 Å². The molecule has 3 unspecified atom stereocenters. The van der Waals surface area contributed by atoms with Gasteiger partial charge in [0.2, 0.25) is 0 Å². The van der Waals surface area contributed by atoms with Crippen LogP contribution in [0.25, 0.3) is 16.6 Å². The Morgan fingerprint density at radius 1 is 1.23 bits per heavy atom. The number of nitriles is 1. The number of carbonyl (C=O) groups excluding carboxylic acids is 1. The number of hydrogen-bond donors (Lipinski definition) is 1. The molecule has 39 heavy (non-hydrogen) atoms. The van der Waals surface area contributed by atoms with E-state index >= 15 is 0 Å². The van der Waals surface area contributed by atoms with Crippen molar-refractivity contribution in [1.29, 1.82) is 5.26 Å². The minimum atomic E-state index is -0.990. The lowest BCUT2D eigenvalue weighted by molar-refractivity contribution is 0.0188. The fraction of sp³-hybridized carbons (Fsp3) is 0.500. The number of urea groups is 1. The Bertz CT molecular complexity index is 1410. The van der Waals surface area contributed by atoms with Crippen molar-refractivity contribution in [2.45, 2.75) is 50.5 Å². The van der Waals surface area contributed by atoms with Crippen LogP contribution in [-0.2, 0) is 4.74 Å². The molecule has 11 heteroatoms. The number of carbonyl (C=O) groups is 1. The maximum absolute atomic E-state index is 13.1. The van der Waals surface area contributed by atoms with E-state index < -0.39 is 5.60 Å². The number of methoxy groups -OCH3 is 1. The zero-order valence-corrected chi connectivity index (χ0v) is 22.4. The molecule has 3 aromatic heterocycles. The Hall–Kier alpha value is -3.88. The summed E-state index contributed by atoms with van der Waals surface area (Å²) in [5.74, 6) is 1.40. The van der Waals surface area contributed by atoms with Gasteiger partial charge in [-0.15, -0.1) is 0 Å². The zero-order valence-electron chi connectivity index (χ0n) is 22.4. The van der Waals surface area contributed by atoms with Crippen LogP contribution >= 0.6 is 0 Å². The van der Waals surface area contributed by atoms with E-state index in [9.17, 15) is 15.2 Å². The predicted molar refractivity (Wildman–Crippen MR) is 144 cm³/mol. The van der Waals surface area contributed by atoms with Gasteiger partial charge in [0.05, 0.1) is 47.3 Å². The van der Waals surface area contributed by atoms with E-state index in [0.717, 1.165) is 49.4 Å². The Morgan fingerprint density at radius 2 is 2.03 bits per heavy atom. The summed E-state index contributed by atoms with van der Waals surface area (Å²) in [7, 11) is 1.70. The molecule has 0 spiro atoms. The first kappa shape index (κ1) is 25.4. The van der Waals surface area contributed by atoms with Gasteiger partial charge >= 0.3 is 6.03 Å². The molecule has 0 aliphatic carbocycles. The van der Waals surface area contributed by atoms with Crippen molar-refractivity contribution in [3.05, 3.63) is 42.4 Å². The first-order valence-electron chi connectivity index (χ1n) is 13.3. The van der Waals surface area contributed by atoms with Gasteiger partial charge in [-0.1, -0.05) is 0 Å². The third kappa shape index (κ3) is 4.75. The molecule has 0 radical (unpaired) electrons. The maximum atomic E-state index is 13.1. The summed E-state index contributed by atoms with van der Waals surface area (Å²) in [5.41, 5.74) is 1.74. The number of hydrogen-bond acceptors (Lipinski definition) is 8. The van der Waals surface area contributed by atoms with E-state index in [1.807, 2.05) is 28.0 Å². The molecular formula is C28H33N7O4. The Balaban J connectivity index is 1.19. The highest BCUT2D eigenvalue weighted by Crippen LogP contribution is 2.37. The fourth-order valence-corrected chi connectivity index (χ4v) is 5.84. The van der Waals surface area contributed by atoms with E-state index in [4.69, 9.17) is 14.5 Å². The first-order chi connectivity index (χ1) is 18.7. The van der Waals surface area contributed by atoms with Crippen molar-refractivity contribution in [3.8, 4) is 22.9 Å². The molecule has 3 atom stereocenters. The summed E-state index contributed by atoms with van der Waals surface area (Å²) in [4.78, 5) is 24.1. The molecular weight excluding hydrogens is 498 g/mol. The smallest absolute Gasteiger partial charge is 0.320 e. The van der Waals surface area contributed by atoms with Gasteiger partial charge in [0.25, 0.3) is 0 Å². The summed E-state index contributed by atoms with van der Waals surface area (Å²) in [6.07, 6.45) is 7.09. The van der Waals surface area contributed by atoms with Crippen LogP contribution in [0.3, 0.4) is 0 Å². The molecule has 4 aliphatic rings. The van der Waals surface area contributed by atoms with Gasteiger partial charge in [-0.2, -0.15) is 10.4 Å². The second kappa shape index (κ2) is 9.70. The number of aliphatic hydroxyl groups is 1. The second-order valence-corrected chi connectivity index (χ2v) is 11.3. The SMILES string of the molecule is COC1CCN(C(=O)N2C3CC2CN(c2ccc(-c4cc(OCC(C)(C)O)cn5ncc(C#N)c45)cn2)C3)C1. The number of anilines is 1. The number of likely N-dealkylation sites (tertiary alicyclic amines) is 1. The molecule has 0 saturated carbocycles. The van der Waals surface area contributed by atoms with E-state index in [-0.39, 0.29) is 30.8 Å². The Labute approximate surface area is 227 Å². The van der Waals surface area contributed by atoms with Crippen LogP contribution in [0, 0.1) is 11.3 Å². The number of fused-ring (bicyclic) bond motifs is 3. The second-order valence-electron chi connectivity index (χ2n) is 11.3. The highest BCUT2D eigenvalue weighted by Gasteiger charge is 2.49. The largest absolute Gasteiger partial charge is 0.489 e. The molecule has 4 saturated heterocycles. The Morgan fingerprint density at radius 3 is 2.67 bits per heavy atom. The Kier molecular flexibility index (Phi) is 6.32. The standard InChI is InChI=1S/C28H33N7O4/c1-28(2,37)17-39-23-9-24(26-19(10-29)12-31-34(26)16-23)18-4-5-25(30-11-18)33-13-20-8-21(14-33)35(20)27(36)32-7-6-22(15-32)38-3/h4-5,9,11-12,16,20-22,37H,6-8,13-15,17H2,1-3H3. The quantitative estimate of drug-likeness (QED) is 0.515. The first-order valence-corrected chi connectivity index (χ1v) is 13.3. The van der Waals surface area contributed by atoms with E-state index in [2.05, 4.69) is 16.1 Å². The average molecular weight is 532 g/mol. The molecule has 2 amide bonds. The molecule has 11 nitrogen and oxygen atoms in total. The average Bonchev–Trinajstić information content (AvgIpc) is 3.58. The summed E-state index contributed by atoms with van der Waals surface area (Å²) in [6.45, 7) is 6.40. The predicted octanol–water partition coefficient (Wildman–Crippen LogP) is 2.52. The third-order valence-corrected chi connectivity index (χ3v) is 7.85. The van der Waals surface area contributed by atoms with Gasteiger partial charge in [0, 0.05) is 50.6 Å². The molecule has 3 aromatic rings. The summed E-state index contributed by atoms with van der Waals surface area (Å²) >= 11 is 0. The van der Waals surface area contributed by atoms with Crippen molar-refractivity contribution >= 4 is 17.4 Å². The van der Waals surface area contributed by atoms with Crippen LogP contribution in [0.2, 0.25) is 0 Å². The van der Waals surface area contributed by atoms with Crippen molar-refractivity contribution in [3.63, 3.8) is 0 Å². The van der Waals surface area contributed by atoms with Crippen molar-refractivity contribution in [2.24, 2.45) is 0 Å². The maximum Gasteiger partial charge on any atom is 0.320 e. The minimum absolute atomic E-state index is 0.114. The van der Waals surface area contributed by atoms with Crippen LogP contribution < -0.4 is 9.64 Å². The van der Waals surface area contributed by atoms with Gasteiger partial charge in [0.1, 0.15) is 24.2 Å². The van der Waals surface area contributed by atoms with Crippen LogP contribution in [-0.4, -0.2) is 99.2 Å². The lowest BCUT2D eigenvalue weighted by Gasteiger charge is -2.57. The third-order valence-electron chi connectivity index (χ3n) is 7.85. The van der Waals surface area contributed by atoms with Gasteiger partial charge in [-0.05, 0) is 44.9 Å². The fourth-order valence-electron chi connectivity index (χ4n) is 5.84. The van der Waals surface area contributed by atoms with E-state index in [1.54, 1.807) is 37.9 Å². The number of aromatic nitrogens is 3. The van der Waals surface area contributed by atoms with Crippen LogP contribution in [0.1, 0.15) is 32.3 Å². The summed E-state index contributed by atoms with van der Waals surface area (Å²) < 4.78 is 12.9. The van der Waals surface area contributed by atoms with Gasteiger partial charge < -0.3 is 29.3 Å². The topological polar surface area (TPSA) is 119 Å². The summed E-state index contributed by atoms with van der Waals surface area (Å²) in [5, 5.41) is 24.1. The molecule has 4 fully saturated rings.